The van der Waals surface area contributed by atoms with Crippen LogP contribution in [0.15, 0.2) is 24.3 Å². The van der Waals surface area contributed by atoms with E-state index in [9.17, 15) is 0 Å². The maximum Gasteiger partial charge on any atom is 0.229 e. The third kappa shape index (κ3) is 4.00. The summed E-state index contributed by atoms with van der Waals surface area (Å²) in [5, 5.41) is 3.43. The number of benzene rings is 1. The Balaban J connectivity index is 0.00000192. The quantitative estimate of drug-likeness (QED) is 0.867. The minimum Gasteiger partial charge on any atom is -0.368 e. The third-order valence-electron chi connectivity index (χ3n) is 3.63. The molecule has 8 heteroatoms. The highest BCUT2D eigenvalue weighted by molar-refractivity contribution is 5.85. The molecule has 2 aromatic rings. The van der Waals surface area contributed by atoms with Crippen molar-refractivity contribution in [3.63, 3.8) is 0 Å². The first-order valence-corrected chi connectivity index (χ1v) is 7.35. The fourth-order valence-electron chi connectivity index (χ4n) is 2.56. The first-order valence-electron chi connectivity index (χ1n) is 7.35. The van der Waals surface area contributed by atoms with E-state index in [2.05, 4.69) is 49.4 Å². The van der Waals surface area contributed by atoms with Crippen molar-refractivity contribution in [2.45, 2.75) is 13.1 Å². The first-order chi connectivity index (χ1) is 10.6. The second-order valence-corrected chi connectivity index (χ2v) is 5.53. The van der Waals surface area contributed by atoms with Crippen molar-refractivity contribution >= 4 is 30.0 Å². The molecular weight excluding hydrogens is 314 g/mol. The van der Waals surface area contributed by atoms with Crippen LogP contribution < -0.4 is 20.9 Å². The smallest absolute Gasteiger partial charge is 0.229 e. The number of nitrogens with zero attached hydrogens (tertiary/aromatic N) is 5. The summed E-state index contributed by atoms with van der Waals surface area (Å²) in [5.74, 6) is 1.53. The normalized spacial score (nSPS) is 13.7. The van der Waals surface area contributed by atoms with Gasteiger partial charge in [0, 0.05) is 39.4 Å². The van der Waals surface area contributed by atoms with Gasteiger partial charge in [0.05, 0.1) is 6.54 Å². The highest BCUT2D eigenvalue weighted by Gasteiger charge is 2.17. The predicted molar refractivity (Wildman–Crippen MR) is 95.0 cm³/mol. The van der Waals surface area contributed by atoms with Gasteiger partial charge in [0.15, 0.2) is 5.82 Å². The molecule has 0 atom stereocenters. The van der Waals surface area contributed by atoms with E-state index in [4.69, 9.17) is 5.73 Å². The molecule has 2 heterocycles. The lowest BCUT2D eigenvalue weighted by molar-refractivity contribution is 0.678. The van der Waals surface area contributed by atoms with Gasteiger partial charge >= 0.3 is 0 Å². The van der Waals surface area contributed by atoms with Crippen molar-refractivity contribution in [3.05, 3.63) is 35.7 Å². The summed E-state index contributed by atoms with van der Waals surface area (Å²) in [5.41, 5.74) is 8.32. The molecule has 0 unspecified atom stereocenters. The lowest BCUT2D eigenvalue weighted by atomic mass is 10.1. The highest BCUT2D eigenvalue weighted by Crippen LogP contribution is 2.23. The summed E-state index contributed by atoms with van der Waals surface area (Å²) in [6, 6.07) is 8.41. The van der Waals surface area contributed by atoms with E-state index in [1.54, 1.807) is 0 Å². The van der Waals surface area contributed by atoms with E-state index in [1.807, 2.05) is 19.0 Å². The van der Waals surface area contributed by atoms with E-state index in [-0.39, 0.29) is 18.4 Å². The Morgan fingerprint density at radius 3 is 2.78 bits per heavy atom. The SMILES string of the molecule is CN(C)c1nc(N)nc(CN2CCNCc3ccccc32)n1.Cl. The molecule has 0 amide bonds. The summed E-state index contributed by atoms with van der Waals surface area (Å²) in [6.07, 6.45) is 0. The van der Waals surface area contributed by atoms with Gasteiger partial charge in [0.25, 0.3) is 0 Å². The van der Waals surface area contributed by atoms with Gasteiger partial charge in [-0.1, -0.05) is 18.2 Å². The van der Waals surface area contributed by atoms with E-state index < -0.39 is 0 Å². The van der Waals surface area contributed by atoms with Gasteiger partial charge in [-0.05, 0) is 11.6 Å². The number of rotatable bonds is 3. The van der Waals surface area contributed by atoms with E-state index in [1.165, 1.54) is 11.3 Å². The molecule has 0 saturated heterocycles. The van der Waals surface area contributed by atoms with Gasteiger partial charge < -0.3 is 20.9 Å². The Labute approximate surface area is 142 Å². The number of hydrogen-bond donors (Lipinski definition) is 2. The van der Waals surface area contributed by atoms with Crippen LogP contribution in [0.5, 0.6) is 0 Å². The third-order valence-corrected chi connectivity index (χ3v) is 3.63. The maximum absolute atomic E-state index is 5.81. The fraction of sp³-hybridized carbons (Fsp3) is 0.400. The van der Waals surface area contributed by atoms with E-state index >= 15 is 0 Å². The molecule has 3 N–H and O–H groups in total. The molecule has 1 aliphatic rings. The molecule has 0 aliphatic carbocycles. The van der Waals surface area contributed by atoms with Crippen molar-refractivity contribution < 1.29 is 0 Å². The van der Waals surface area contributed by atoms with E-state index in [0.717, 1.165) is 19.6 Å². The molecule has 0 radical (unpaired) electrons. The molecule has 0 saturated carbocycles. The van der Waals surface area contributed by atoms with Crippen LogP contribution in [0, 0.1) is 0 Å². The van der Waals surface area contributed by atoms with Crippen molar-refractivity contribution in [1.29, 1.82) is 0 Å². The van der Waals surface area contributed by atoms with Crippen LogP contribution in [-0.4, -0.2) is 42.1 Å². The lowest BCUT2D eigenvalue weighted by Gasteiger charge is -2.24. The van der Waals surface area contributed by atoms with Gasteiger partial charge in [-0.3, -0.25) is 0 Å². The van der Waals surface area contributed by atoms with Crippen LogP contribution in [0.25, 0.3) is 0 Å². The number of nitrogens with one attached hydrogen (secondary N) is 1. The first kappa shape index (κ1) is 17.2. The lowest BCUT2D eigenvalue weighted by Crippen LogP contribution is -2.29. The molecule has 1 aliphatic heterocycles. The van der Waals surface area contributed by atoms with Gasteiger partial charge in [0.2, 0.25) is 11.9 Å². The van der Waals surface area contributed by atoms with Gasteiger partial charge in [-0.25, -0.2) is 0 Å². The summed E-state index contributed by atoms with van der Waals surface area (Å²) in [6.45, 7) is 3.33. The number of aromatic nitrogens is 3. The Bertz CT molecular complexity index is 662. The number of halogens is 1. The monoisotopic (exact) mass is 335 g/mol. The van der Waals surface area contributed by atoms with Gasteiger partial charge in [-0.15, -0.1) is 12.4 Å². The zero-order valence-corrected chi connectivity index (χ0v) is 14.2. The average Bonchev–Trinajstić information content (AvgIpc) is 2.69. The minimum absolute atomic E-state index is 0. The summed E-state index contributed by atoms with van der Waals surface area (Å²) < 4.78 is 0. The standard InChI is InChI=1S/C15H21N7.ClH/c1-21(2)15-19-13(18-14(16)20-15)10-22-8-7-17-9-11-5-3-4-6-12(11)22;/h3-6,17H,7-10H2,1-2H3,(H2,16,18,19,20);1H. The van der Waals surface area contributed by atoms with Gasteiger partial charge in [-0.2, -0.15) is 15.0 Å². The van der Waals surface area contributed by atoms with E-state index in [0.29, 0.717) is 18.3 Å². The second kappa shape index (κ2) is 7.43. The minimum atomic E-state index is 0. The molecule has 3 rings (SSSR count). The molecule has 23 heavy (non-hydrogen) atoms. The summed E-state index contributed by atoms with van der Waals surface area (Å²) in [4.78, 5) is 17.0. The zero-order valence-electron chi connectivity index (χ0n) is 13.4. The number of hydrogen-bond acceptors (Lipinski definition) is 7. The van der Waals surface area contributed by atoms with Crippen LogP contribution >= 0.6 is 12.4 Å². The van der Waals surface area contributed by atoms with Crippen LogP contribution in [0.1, 0.15) is 11.4 Å². The molecule has 1 aromatic heterocycles. The van der Waals surface area contributed by atoms with Gasteiger partial charge in [0.1, 0.15) is 0 Å². The average molecular weight is 336 g/mol. The molecule has 124 valence electrons. The van der Waals surface area contributed by atoms with Crippen LogP contribution in [0.4, 0.5) is 17.6 Å². The fourth-order valence-corrected chi connectivity index (χ4v) is 2.56. The van der Waals surface area contributed by atoms with Crippen LogP contribution in [0.3, 0.4) is 0 Å². The summed E-state index contributed by atoms with van der Waals surface area (Å²) >= 11 is 0. The summed E-state index contributed by atoms with van der Waals surface area (Å²) in [7, 11) is 3.79. The van der Waals surface area contributed by atoms with Crippen molar-refractivity contribution in [2.24, 2.45) is 0 Å². The Kier molecular flexibility index (Phi) is 5.57. The number of para-hydroxylation sites is 1. The Morgan fingerprint density at radius 2 is 2.00 bits per heavy atom. The molecule has 0 bridgehead atoms. The number of nitrogens with two attached hydrogens (primary N) is 1. The molecule has 7 nitrogen and oxygen atoms in total. The highest BCUT2D eigenvalue weighted by atomic mass is 35.5. The second-order valence-electron chi connectivity index (χ2n) is 5.53. The van der Waals surface area contributed by atoms with Crippen LogP contribution in [-0.2, 0) is 13.1 Å². The van der Waals surface area contributed by atoms with Crippen LogP contribution in [0.2, 0.25) is 0 Å². The molecular formula is C15H22ClN7. The van der Waals surface area contributed by atoms with Crippen molar-refractivity contribution in [3.8, 4) is 0 Å². The molecule has 1 aromatic carbocycles. The number of nitrogen functional groups attached to an aromatic ring is 1. The van der Waals surface area contributed by atoms with Crippen molar-refractivity contribution in [1.82, 2.24) is 20.3 Å². The number of fused-ring (bicyclic) bond motifs is 1. The Hall–Kier alpha value is -2.12. The number of anilines is 3. The Morgan fingerprint density at radius 1 is 1.22 bits per heavy atom. The van der Waals surface area contributed by atoms with Crippen molar-refractivity contribution in [2.75, 3.05) is 42.7 Å². The molecule has 0 spiro atoms. The molecule has 0 fully saturated rings. The zero-order chi connectivity index (χ0) is 15.5. The maximum atomic E-state index is 5.81. The predicted octanol–water partition coefficient (Wildman–Crippen LogP) is 1.05. The largest absolute Gasteiger partial charge is 0.368 e. The topological polar surface area (TPSA) is 83.2 Å².